The zero-order valence-corrected chi connectivity index (χ0v) is 13.7. The number of carbonyl (C=O) groups is 1. The summed E-state index contributed by atoms with van der Waals surface area (Å²) < 4.78 is 0. The number of hydrogen-bond donors (Lipinski definition) is 1. The number of nitrogens with one attached hydrogen (secondary N) is 1. The van der Waals surface area contributed by atoms with E-state index in [1.165, 1.54) is 35.6 Å². The fourth-order valence-electron chi connectivity index (χ4n) is 1.71. The normalized spacial score (nSPS) is 10.9. The number of benzene rings is 1. The van der Waals surface area contributed by atoms with E-state index >= 15 is 0 Å². The Morgan fingerprint density at radius 1 is 1.48 bits per heavy atom. The quantitative estimate of drug-likeness (QED) is 0.485. The fraction of sp³-hybridized carbons (Fsp3) is 0.214. The van der Waals surface area contributed by atoms with Crippen LogP contribution in [0.3, 0.4) is 0 Å². The third kappa shape index (κ3) is 4.83. The summed E-state index contributed by atoms with van der Waals surface area (Å²) in [5, 5.41) is 22.6. The van der Waals surface area contributed by atoms with E-state index in [-0.39, 0.29) is 16.6 Å². The number of amides is 1. The van der Waals surface area contributed by atoms with Gasteiger partial charge in [0.25, 0.3) is 5.69 Å². The third-order valence-electron chi connectivity index (χ3n) is 2.75. The molecule has 0 spiro atoms. The predicted molar refractivity (Wildman–Crippen MR) is 89.7 cm³/mol. The lowest BCUT2D eigenvalue weighted by Crippen LogP contribution is -2.07. The maximum atomic E-state index is 11.8. The van der Waals surface area contributed by atoms with Crippen LogP contribution < -0.4 is 5.32 Å². The first-order valence-electron chi connectivity index (χ1n) is 6.75. The number of halogens is 1. The van der Waals surface area contributed by atoms with E-state index < -0.39 is 4.92 Å². The van der Waals surface area contributed by atoms with Crippen LogP contribution in [0.5, 0.6) is 0 Å². The molecule has 0 fully saturated rings. The van der Waals surface area contributed by atoms with Crippen LogP contribution in [0.4, 0.5) is 10.8 Å². The molecule has 1 aromatic heterocycles. The Morgan fingerprint density at radius 2 is 2.26 bits per heavy atom. The monoisotopic (exact) mass is 352 g/mol. The van der Waals surface area contributed by atoms with Crippen molar-refractivity contribution in [2.75, 3.05) is 5.32 Å². The first kappa shape index (κ1) is 17.0. The highest BCUT2D eigenvalue weighted by molar-refractivity contribution is 7.15. The Labute approximate surface area is 141 Å². The third-order valence-corrected chi connectivity index (χ3v) is 3.97. The van der Waals surface area contributed by atoms with Crippen LogP contribution in [0.25, 0.3) is 6.08 Å². The second kappa shape index (κ2) is 7.80. The summed E-state index contributed by atoms with van der Waals surface area (Å²) in [6.45, 7) is 2.04. The summed E-state index contributed by atoms with van der Waals surface area (Å²) in [5.41, 5.74) is 0.294. The first-order valence-corrected chi connectivity index (χ1v) is 7.94. The van der Waals surface area contributed by atoms with Crippen LogP contribution in [0.15, 0.2) is 24.3 Å². The molecule has 1 heterocycles. The molecule has 23 heavy (non-hydrogen) atoms. The van der Waals surface area contributed by atoms with Crippen molar-refractivity contribution in [2.45, 2.75) is 19.8 Å². The maximum Gasteiger partial charge on any atom is 0.288 e. The number of carbonyl (C=O) groups excluding carboxylic acids is 1. The van der Waals surface area contributed by atoms with Gasteiger partial charge in [0.05, 0.1) is 4.92 Å². The molecule has 0 aliphatic rings. The molecule has 0 saturated carbocycles. The Morgan fingerprint density at radius 3 is 2.96 bits per heavy atom. The molecule has 2 aromatic rings. The zero-order valence-electron chi connectivity index (χ0n) is 12.2. The molecule has 7 nitrogen and oxygen atoms in total. The number of anilines is 1. The van der Waals surface area contributed by atoms with Gasteiger partial charge in [0.1, 0.15) is 10.0 Å². The topological polar surface area (TPSA) is 98.0 Å². The van der Waals surface area contributed by atoms with E-state index in [1.54, 1.807) is 6.07 Å². The molecule has 1 N–H and O–H groups in total. The zero-order chi connectivity index (χ0) is 16.8. The largest absolute Gasteiger partial charge is 0.297 e. The Bertz CT molecular complexity index is 760. The van der Waals surface area contributed by atoms with Crippen LogP contribution in [0, 0.1) is 10.1 Å². The lowest BCUT2D eigenvalue weighted by molar-refractivity contribution is -0.384. The highest BCUT2D eigenvalue weighted by Gasteiger charge is 2.12. The second-order valence-electron chi connectivity index (χ2n) is 4.54. The molecule has 0 bridgehead atoms. The number of hydrogen-bond acceptors (Lipinski definition) is 6. The summed E-state index contributed by atoms with van der Waals surface area (Å²) in [6, 6.07) is 4.30. The molecular weight excluding hydrogens is 340 g/mol. The molecular formula is C14H13ClN4O3S. The molecule has 0 saturated heterocycles. The second-order valence-corrected chi connectivity index (χ2v) is 6.01. The van der Waals surface area contributed by atoms with Gasteiger partial charge < -0.3 is 0 Å². The summed E-state index contributed by atoms with van der Waals surface area (Å²) in [6.07, 6.45) is 4.51. The van der Waals surface area contributed by atoms with E-state index in [9.17, 15) is 14.9 Å². The lowest BCUT2D eigenvalue weighted by atomic mass is 10.2. The van der Waals surface area contributed by atoms with Crippen molar-refractivity contribution in [1.29, 1.82) is 0 Å². The molecule has 0 unspecified atom stereocenters. The molecule has 2 rings (SSSR count). The molecule has 0 aliphatic carbocycles. The maximum absolute atomic E-state index is 11.8. The van der Waals surface area contributed by atoms with Gasteiger partial charge >= 0.3 is 0 Å². The fourth-order valence-corrected chi connectivity index (χ4v) is 2.74. The number of aromatic nitrogens is 2. The molecule has 0 radical (unpaired) electrons. The molecule has 1 amide bonds. The molecule has 1 aromatic carbocycles. The molecule has 0 aliphatic heterocycles. The van der Waals surface area contributed by atoms with Gasteiger partial charge in [0, 0.05) is 18.6 Å². The van der Waals surface area contributed by atoms with Gasteiger partial charge in [0.15, 0.2) is 0 Å². The van der Waals surface area contributed by atoms with Crippen molar-refractivity contribution in [3.63, 3.8) is 0 Å². The van der Waals surface area contributed by atoms with Crippen LogP contribution in [0.1, 0.15) is 23.9 Å². The van der Waals surface area contributed by atoms with Crippen molar-refractivity contribution in [3.8, 4) is 0 Å². The highest BCUT2D eigenvalue weighted by Crippen LogP contribution is 2.25. The Balaban J connectivity index is 2.03. The standard InChI is InChI=1S/C14H13ClN4O3S/c1-2-3-13-17-18-14(23-13)16-12(20)7-5-9-4-6-10(15)11(8-9)19(21)22/h4-8H,2-3H2,1H3,(H,16,18,20)/b7-5+. The highest BCUT2D eigenvalue weighted by atomic mass is 35.5. The summed E-state index contributed by atoms with van der Waals surface area (Å²) >= 11 is 7.05. The van der Waals surface area contributed by atoms with Gasteiger partial charge in [-0.15, -0.1) is 10.2 Å². The van der Waals surface area contributed by atoms with Gasteiger partial charge in [-0.2, -0.15) is 0 Å². The van der Waals surface area contributed by atoms with E-state index in [0.717, 1.165) is 17.8 Å². The number of nitro benzene ring substituents is 1. The minimum Gasteiger partial charge on any atom is -0.297 e. The summed E-state index contributed by atoms with van der Waals surface area (Å²) in [5.74, 6) is -0.387. The van der Waals surface area contributed by atoms with Crippen molar-refractivity contribution >= 4 is 45.7 Å². The Hall–Kier alpha value is -2.32. The van der Waals surface area contributed by atoms with E-state index in [2.05, 4.69) is 15.5 Å². The smallest absolute Gasteiger partial charge is 0.288 e. The van der Waals surface area contributed by atoms with E-state index in [0.29, 0.717) is 10.7 Å². The molecule has 9 heteroatoms. The minimum absolute atomic E-state index is 0.0499. The summed E-state index contributed by atoms with van der Waals surface area (Å²) in [4.78, 5) is 22.1. The van der Waals surface area contributed by atoms with Crippen LogP contribution in [0.2, 0.25) is 5.02 Å². The molecule has 120 valence electrons. The van der Waals surface area contributed by atoms with E-state index in [4.69, 9.17) is 11.6 Å². The van der Waals surface area contributed by atoms with Crippen molar-refractivity contribution in [2.24, 2.45) is 0 Å². The number of rotatable bonds is 6. The SMILES string of the molecule is CCCc1nnc(NC(=O)/C=C/c2ccc(Cl)c([N+](=O)[O-])c2)s1. The van der Waals surface area contributed by atoms with Crippen molar-refractivity contribution in [3.05, 3.63) is 50.0 Å². The van der Waals surface area contributed by atoms with Crippen molar-refractivity contribution < 1.29 is 9.72 Å². The van der Waals surface area contributed by atoms with Gasteiger partial charge in [0.2, 0.25) is 11.0 Å². The predicted octanol–water partition coefficient (Wildman–Crippen LogP) is 3.70. The number of nitrogens with zero attached hydrogens (tertiary/aromatic N) is 3. The van der Waals surface area contributed by atoms with E-state index in [1.807, 2.05) is 6.92 Å². The van der Waals surface area contributed by atoms with Gasteiger partial charge in [-0.25, -0.2) is 0 Å². The average Bonchev–Trinajstić information content (AvgIpc) is 2.93. The van der Waals surface area contributed by atoms with Crippen LogP contribution in [-0.2, 0) is 11.2 Å². The van der Waals surface area contributed by atoms with Crippen LogP contribution in [-0.4, -0.2) is 21.0 Å². The van der Waals surface area contributed by atoms with Gasteiger partial charge in [-0.1, -0.05) is 35.9 Å². The van der Waals surface area contributed by atoms with Crippen molar-refractivity contribution in [1.82, 2.24) is 10.2 Å². The minimum atomic E-state index is -0.573. The van der Waals surface area contributed by atoms with Crippen LogP contribution >= 0.6 is 22.9 Å². The lowest BCUT2D eigenvalue weighted by Gasteiger charge is -1.98. The van der Waals surface area contributed by atoms with Gasteiger partial charge in [-0.3, -0.25) is 20.2 Å². The Kier molecular flexibility index (Phi) is 5.78. The number of aryl methyl sites for hydroxylation is 1. The summed E-state index contributed by atoms with van der Waals surface area (Å²) in [7, 11) is 0. The first-order chi connectivity index (χ1) is 11.0. The number of nitro groups is 1. The van der Waals surface area contributed by atoms with Gasteiger partial charge in [-0.05, 0) is 24.1 Å². The average molecular weight is 353 g/mol. The molecule has 0 atom stereocenters.